The van der Waals surface area contributed by atoms with Crippen LogP contribution in [0.3, 0.4) is 0 Å². The Kier molecular flexibility index (Phi) is 4.50. The van der Waals surface area contributed by atoms with Gasteiger partial charge in [0.25, 0.3) is 0 Å². The highest BCUT2D eigenvalue weighted by atomic mass is 32.1. The van der Waals surface area contributed by atoms with Crippen LogP contribution in [0.2, 0.25) is 0 Å². The van der Waals surface area contributed by atoms with Gasteiger partial charge in [-0.25, -0.2) is 15.0 Å². The van der Waals surface area contributed by atoms with Crippen molar-refractivity contribution in [2.24, 2.45) is 0 Å². The maximum atomic E-state index is 6.46. The zero-order valence-electron chi connectivity index (χ0n) is 18.9. The largest absolute Gasteiger partial charge is 0.383 e. The van der Waals surface area contributed by atoms with Crippen LogP contribution in [0.25, 0.3) is 43.6 Å². The summed E-state index contributed by atoms with van der Waals surface area (Å²) in [5, 5.41) is 4.17. The molecule has 1 aromatic carbocycles. The van der Waals surface area contributed by atoms with Crippen molar-refractivity contribution in [1.29, 1.82) is 0 Å². The van der Waals surface area contributed by atoms with Crippen molar-refractivity contribution in [2.45, 2.75) is 31.2 Å². The normalized spacial score (nSPS) is 17.6. The number of nitrogens with zero attached hydrogens (tertiary/aromatic N) is 5. The molecule has 2 fully saturated rings. The first-order valence-corrected chi connectivity index (χ1v) is 12.9. The average molecular weight is 467 g/mol. The molecule has 0 atom stereocenters. The molecule has 1 saturated heterocycles. The number of pyridine rings is 1. The highest BCUT2D eigenvalue weighted by Gasteiger charge is 2.42. The lowest BCUT2D eigenvalue weighted by atomic mass is 9.75. The van der Waals surface area contributed by atoms with Gasteiger partial charge in [-0.3, -0.25) is 0 Å². The first-order chi connectivity index (χ1) is 16.7. The van der Waals surface area contributed by atoms with Crippen LogP contribution in [0.1, 0.15) is 25.7 Å². The zero-order valence-corrected chi connectivity index (χ0v) is 19.8. The Morgan fingerprint density at radius 1 is 1.03 bits per heavy atom. The van der Waals surface area contributed by atoms with Gasteiger partial charge in [-0.2, -0.15) is 0 Å². The second kappa shape index (κ2) is 7.61. The van der Waals surface area contributed by atoms with Crippen molar-refractivity contribution in [3.05, 3.63) is 60.4 Å². The van der Waals surface area contributed by atoms with Crippen LogP contribution in [0.4, 0.5) is 5.82 Å². The summed E-state index contributed by atoms with van der Waals surface area (Å²) >= 11 is 1.71. The minimum absolute atomic E-state index is 0.0964. The Morgan fingerprint density at radius 3 is 2.65 bits per heavy atom. The van der Waals surface area contributed by atoms with Crippen LogP contribution in [-0.4, -0.2) is 44.1 Å². The third-order valence-corrected chi connectivity index (χ3v) is 8.54. The van der Waals surface area contributed by atoms with E-state index in [1.54, 1.807) is 17.7 Å². The molecule has 2 N–H and O–H groups in total. The van der Waals surface area contributed by atoms with Crippen LogP contribution < -0.4 is 5.73 Å². The van der Waals surface area contributed by atoms with Crippen molar-refractivity contribution in [3.8, 4) is 21.7 Å². The van der Waals surface area contributed by atoms with E-state index in [1.165, 1.54) is 43.6 Å². The Hall–Kier alpha value is -3.29. The molecule has 2 aliphatic rings. The van der Waals surface area contributed by atoms with Crippen molar-refractivity contribution >= 4 is 39.1 Å². The molecule has 0 unspecified atom stereocenters. The molecule has 6 nitrogen and oxygen atoms in total. The van der Waals surface area contributed by atoms with E-state index < -0.39 is 0 Å². The summed E-state index contributed by atoms with van der Waals surface area (Å²) in [6.07, 6.45) is 8.80. The molecule has 0 bridgehead atoms. The number of benzene rings is 1. The molecule has 0 amide bonds. The number of hydrogen-bond donors (Lipinski definition) is 1. The minimum atomic E-state index is 0.0964. The SMILES string of the molecule is Nc1ncnc2c1c(-c1ccc3ccc(-c4cccs4)nc3c1)cn2C1(CN2CCC2)CCC1. The minimum Gasteiger partial charge on any atom is -0.383 e. The zero-order chi connectivity index (χ0) is 22.7. The van der Waals surface area contributed by atoms with Crippen molar-refractivity contribution in [3.63, 3.8) is 0 Å². The molecule has 7 heteroatoms. The number of likely N-dealkylation sites (tertiary alicyclic amines) is 1. The standard InChI is InChI=1S/C27H26N6S/c28-25-24-20(19-6-5-18-7-8-21(31-22(18)14-19)23-4-1-13-34-23)15-33(26(24)30-17-29-25)27(9-2-10-27)16-32-11-3-12-32/h1,4-8,13-15,17H,2-3,9-12,16H2,(H2,28,29,30). The fourth-order valence-corrected chi connectivity index (χ4v) is 6.22. The Balaban J connectivity index is 1.39. The first kappa shape index (κ1) is 20.1. The fourth-order valence-electron chi connectivity index (χ4n) is 5.53. The number of hydrogen-bond acceptors (Lipinski definition) is 6. The second-order valence-electron chi connectivity index (χ2n) is 9.66. The van der Waals surface area contributed by atoms with Crippen molar-refractivity contribution < 1.29 is 0 Å². The van der Waals surface area contributed by atoms with E-state index in [-0.39, 0.29) is 5.54 Å². The maximum absolute atomic E-state index is 6.46. The van der Waals surface area contributed by atoms with Gasteiger partial charge in [0, 0.05) is 23.7 Å². The highest BCUT2D eigenvalue weighted by Crippen LogP contribution is 2.45. The lowest BCUT2D eigenvalue weighted by Crippen LogP contribution is -2.53. The molecular formula is C27H26N6S. The number of nitrogens with two attached hydrogens (primary N) is 1. The van der Waals surface area contributed by atoms with Gasteiger partial charge in [0.1, 0.15) is 17.8 Å². The summed E-state index contributed by atoms with van der Waals surface area (Å²) in [5.41, 5.74) is 11.7. The summed E-state index contributed by atoms with van der Waals surface area (Å²) in [6, 6.07) is 14.9. The van der Waals surface area contributed by atoms with E-state index in [0.29, 0.717) is 5.82 Å². The molecule has 0 spiro atoms. The van der Waals surface area contributed by atoms with Crippen molar-refractivity contribution in [2.75, 3.05) is 25.4 Å². The maximum Gasteiger partial charge on any atom is 0.146 e. The molecule has 1 aliphatic carbocycles. The highest BCUT2D eigenvalue weighted by molar-refractivity contribution is 7.13. The van der Waals surface area contributed by atoms with Crippen LogP contribution >= 0.6 is 11.3 Å². The predicted octanol–water partition coefficient (Wildman–Crippen LogP) is 5.54. The third kappa shape index (κ3) is 3.07. The lowest BCUT2D eigenvalue weighted by molar-refractivity contribution is 0.0488. The van der Waals surface area contributed by atoms with Crippen LogP contribution in [0, 0.1) is 0 Å². The topological polar surface area (TPSA) is 72.9 Å². The van der Waals surface area contributed by atoms with E-state index in [9.17, 15) is 0 Å². The molecule has 0 radical (unpaired) electrons. The van der Waals surface area contributed by atoms with Gasteiger partial charge in [0.15, 0.2) is 0 Å². The first-order valence-electron chi connectivity index (χ1n) is 12.0. The summed E-state index contributed by atoms with van der Waals surface area (Å²) in [5.74, 6) is 0.539. The summed E-state index contributed by atoms with van der Waals surface area (Å²) < 4.78 is 2.41. The summed E-state index contributed by atoms with van der Waals surface area (Å²) in [7, 11) is 0. The predicted molar refractivity (Wildman–Crippen MR) is 139 cm³/mol. The molecule has 5 aromatic rings. The quantitative estimate of drug-likeness (QED) is 0.368. The molecule has 7 rings (SSSR count). The fraction of sp³-hybridized carbons (Fsp3) is 0.296. The van der Waals surface area contributed by atoms with Gasteiger partial charge in [-0.15, -0.1) is 11.3 Å². The lowest BCUT2D eigenvalue weighted by Gasteiger charge is -2.48. The van der Waals surface area contributed by atoms with Gasteiger partial charge >= 0.3 is 0 Å². The molecular weight excluding hydrogens is 440 g/mol. The number of aromatic nitrogens is 4. The van der Waals surface area contributed by atoms with E-state index in [0.717, 1.165) is 45.3 Å². The Bertz CT molecular complexity index is 1510. The van der Waals surface area contributed by atoms with Crippen LogP contribution in [-0.2, 0) is 5.54 Å². The summed E-state index contributed by atoms with van der Waals surface area (Å²) in [6.45, 7) is 3.49. The van der Waals surface area contributed by atoms with Gasteiger partial charge in [0.05, 0.1) is 27.0 Å². The monoisotopic (exact) mass is 466 g/mol. The van der Waals surface area contributed by atoms with Crippen LogP contribution in [0.5, 0.6) is 0 Å². The molecule has 5 heterocycles. The molecule has 4 aromatic heterocycles. The van der Waals surface area contributed by atoms with Gasteiger partial charge < -0.3 is 15.2 Å². The number of anilines is 1. The van der Waals surface area contributed by atoms with Gasteiger partial charge in [-0.05, 0) is 67.9 Å². The van der Waals surface area contributed by atoms with Crippen molar-refractivity contribution in [1.82, 2.24) is 24.4 Å². The average Bonchev–Trinajstić information content (AvgIpc) is 3.46. The second-order valence-corrected chi connectivity index (χ2v) is 10.6. The molecule has 170 valence electrons. The smallest absolute Gasteiger partial charge is 0.146 e. The Labute approximate surface area is 202 Å². The molecule has 1 saturated carbocycles. The number of rotatable bonds is 5. The van der Waals surface area contributed by atoms with E-state index >= 15 is 0 Å². The summed E-state index contributed by atoms with van der Waals surface area (Å²) in [4.78, 5) is 17.8. The number of fused-ring (bicyclic) bond motifs is 2. The van der Waals surface area contributed by atoms with E-state index in [2.05, 4.69) is 68.5 Å². The van der Waals surface area contributed by atoms with E-state index in [1.807, 2.05) is 0 Å². The third-order valence-electron chi connectivity index (χ3n) is 7.65. The Morgan fingerprint density at radius 2 is 1.91 bits per heavy atom. The van der Waals surface area contributed by atoms with Gasteiger partial charge in [-0.1, -0.05) is 24.3 Å². The number of nitrogen functional groups attached to an aromatic ring is 1. The van der Waals surface area contributed by atoms with Crippen LogP contribution in [0.15, 0.2) is 60.4 Å². The molecule has 1 aliphatic heterocycles. The molecule has 34 heavy (non-hydrogen) atoms. The number of thiophene rings is 1. The van der Waals surface area contributed by atoms with E-state index in [4.69, 9.17) is 15.7 Å². The van der Waals surface area contributed by atoms with Gasteiger partial charge in [0.2, 0.25) is 0 Å².